The van der Waals surface area contributed by atoms with E-state index in [4.69, 9.17) is 9.52 Å². The molecule has 5 rings (SSSR count). The fourth-order valence-electron chi connectivity index (χ4n) is 5.18. The molecule has 2 heterocycles. The first kappa shape index (κ1) is 20.1. The Labute approximate surface area is 183 Å². The Morgan fingerprint density at radius 1 is 1.19 bits per heavy atom. The lowest BCUT2D eigenvalue weighted by Crippen LogP contribution is -2.42. The Hall–Kier alpha value is -2.86. The van der Waals surface area contributed by atoms with Gasteiger partial charge in [0.25, 0.3) is 5.91 Å². The Morgan fingerprint density at radius 3 is 2.65 bits per heavy atom. The number of aromatic nitrogens is 2. The molecular weight excluding hydrogens is 388 g/mol. The lowest BCUT2D eigenvalue weighted by Gasteiger charge is -2.27. The number of carbonyl (C=O) groups is 1. The molecule has 6 nitrogen and oxygen atoms in total. The third-order valence-electron chi connectivity index (χ3n) is 6.72. The van der Waals surface area contributed by atoms with E-state index in [2.05, 4.69) is 36.5 Å². The lowest BCUT2D eigenvalue weighted by molar-refractivity contribution is 0.0777. The van der Waals surface area contributed by atoms with Gasteiger partial charge in [0, 0.05) is 49.0 Å². The fraction of sp³-hybridized carbons (Fsp3) is 0.440. The predicted octanol–water partition coefficient (Wildman–Crippen LogP) is 3.38. The second-order valence-electron chi connectivity index (χ2n) is 8.86. The molecule has 2 aliphatic carbocycles. The zero-order valence-electron chi connectivity index (χ0n) is 18.3. The highest BCUT2D eigenvalue weighted by Crippen LogP contribution is 2.28. The summed E-state index contributed by atoms with van der Waals surface area (Å²) in [5.41, 5.74) is 6.89. The highest BCUT2D eigenvalue weighted by atomic mass is 16.3. The molecule has 162 valence electrons. The second-order valence-corrected chi connectivity index (χ2v) is 8.86. The van der Waals surface area contributed by atoms with Crippen LogP contribution in [-0.4, -0.2) is 39.7 Å². The SMILES string of the molecule is CCn1nc(C(=O)N(C)Cc2ccoc2)c2c1CC[C@@H](NC1Cc3ccccc3C1)C2. The van der Waals surface area contributed by atoms with Crippen LogP contribution >= 0.6 is 0 Å². The number of hydrogen-bond donors (Lipinski definition) is 1. The number of nitrogens with one attached hydrogen (secondary N) is 1. The van der Waals surface area contributed by atoms with E-state index >= 15 is 0 Å². The summed E-state index contributed by atoms with van der Waals surface area (Å²) in [5, 5.41) is 8.62. The molecule has 0 saturated carbocycles. The van der Waals surface area contributed by atoms with Crippen LogP contribution in [0.15, 0.2) is 47.3 Å². The average molecular weight is 419 g/mol. The molecule has 0 fully saturated rings. The third-order valence-corrected chi connectivity index (χ3v) is 6.72. The molecule has 0 aliphatic heterocycles. The Bertz CT molecular complexity index is 1040. The summed E-state index contributed by atoms with van der Waals surface area (Å²) in [6, 6.07) is 11.5. The van der Waals surface area contributed by atoms with Gasteiger partial charge in [0.1, 0.15) is 0 Å². The summed E-state index contributed by atoms with van der Waals surface area (Å²) in [7, 11) is 1.83. The minimum Gasteiger partial charge on any atom is -0.472 e. The number of carbonyl (C=O) groups excluding carboxylic acids is 1. The minimum atomic E-state index is -0.0152. The number of aryl methyl sites for hydroxylation is 1. The monoisotopic (exact) mass is 418 g/mol. The zero-order valence-corrected chi connectivity index (χ0v) is 18.3. The molecule has 0 saturated heterocycles. The molecule has 0 bridgehead atoms. The summed E-state index contributed by atoms with van der Waals surface area (Å²) in [4.78, 5) is 15.0. The summed E-state index contributed by atoms with van der Waals surface area (Å²) < 4.78 is 7.17. The molecule has 1 aromatic carbocycles. The van der Waals surface area contributed by atoms with Crippen LogP contribution in [0.5, 0.6) is 0 Å². The Balaban J connectivity index is 1.32. The Kier molecular flexibility index (Phi) is 5.40. The molecule has 3 aromatic rings. The van der Waals surface area contributed by atoms with Gasteiger partial charge in [0.15, 0.2) is 5.69 Å². The molecular formula is C25H30N4O2. The predicted molar refractivity (Wildman–Crippen MR) is 119 cm³/mol. The van der Waals surface area contributed by atoms with E-state index in [1.165, 1.54) is 16.8 Å². The van der Waals surface area contributed by atoms with Crippen LogP contribution in [0.4, 0.5) is 0 Å². The number of fused-ring (bicyclic) bond motifs is 2. The van der Waals surface area contributed by atoms with Crippen molar-refractivity contribution in [3.63, 3.8) is 0 Å². The van der Waals surface area contributed by atoms with Gasteiger partial charge in [0.05, 0.1) is 12.5 Å². The fourth-order valence-corrected chi connectivity index (χ4v) is 5.18. The first-order chi connectivity index (χ1) is 15.1. The van der Waals surface area contributed by atoms with E-state index in [0.717, 1.165) is 49.8 Å². The molecule has 31 heavy (non-hydrogen) atoms. The summed E-state index contributed by atoms with van der Waals surface area (Å²) in [6.45, 7) is 3.40. The van der Waals surface area contributed by atoms with Crippen molar-refractivity contribution in [2.24, 2.45) is 0 Å². The van der Waals surface area contributed by atoms with Gasteiger partial charge in [-0.3, -0.25) is 9.48 Å². The Morgan fingerprint density at radius 2 is 1.97 bits per heavy atom. The van der Waals surface area contributed by atoms with Crippen LogP contribution in [0.2, 0.25) is 0 Å². The summed E-state index contributed by atoms with van der Waals surface area (Å²) >= 11 is 0. The molecule has 6 heteroatoms. The van der Waals surface area contributed by atoms with Gasteiger partial charge in [-0.05, 0) is 56.2 Å². The van der Waals surface area contributed by atoms with Crippen molar-refractivity contribution in [1.82, 2.24) is 20.0 Å². The molecule has 0 unspecified atom stereocenters. The average Bonchev–Trinajstić information content (AvgIpc) is 3.51. The number of amides is 1. The third kappa shape index (κ3) is 3.92. The van der Waals surface area contributed by atoms with Crippen molar-refractivity contribution < 1.29 is 9.21 Å². The largest absolute Gasteiger partial charge is 0.472 e. The molecule has 0 radical (unpaired) electrons. The van der Waals surface area contributed by atoms with Crippen molar-refractivity contribution >= 4 is 5.91 Å². The van der Waals surface area contributed by atoms with Gasteiger partial charge in [-0.2, -0.15) is 5.10 Å². The first-order valence-corrected chi connectivity index (χ1v) is 11.3. The highest BCUT2D eigenvalue weighted by molar-refractivity contribution is 5.94. The second kappa shape index (κ2) is 8.35. The van der Waals surface area contributed by atoms with Crippen LogP contribution in [0, 0.1) is 0 Å². The maximum atomic E-state index is 13.3. The maximum Gasteiger partial charge on any atom is 0.274 e. The van der Waals surface area contributed by atoms with E-state index < -0.39 is 0 Å². The van der Waals surface area contributed by atoms with Crippen molar-refractivity contribution in [3.8, 4) is 0 Å². The number of rotatable bonds is 6. The van der Waals surface area contributed by atoms with Crippen LogP contribution in [0.25, 0.3) is 0 Å². The van der Waals surface area contributed by atoms with Gasteiger partial charge >= 0.3 is 0 Å². The van der Waals surface area contributed by atoms with E-state index in [1.54, 1.807) is 17.4 Å². The quantitative estimate of drug-likeness (QED) is 0.667. The minimum absolute atomic E-state index is 0.0152. The van der Waals surface area contributed by atoms with Crippen LogP contribution in [0.1, 0.15) is 51.8 Å². The highest BCUT2D eigenvalue weighted by Gasteiger charge is 2.32. The molecule has 1 amide bonds. The van der Waals surface area contributed by atoms with Crippen molar-refractivity contribution in [2.75, 3.05) is 7.05 Å². The molecule has 1 N–H and O–H groups in total. The smallest absolute Gasteiger partial charge is 0.274 e. The molecule has 2 aliphatic rings. The normalized spacial score (nSPS) is 18.1. The molecule has 1 atom stereocenters. The summed E-state index contributed by atoms with van der Waals surface area (Å²) in [6.07, 6.45) is 8.42. The number of benzene rings is 1. The summed E-state index contributed by atoms with van der Waals surface area (Å²) in [5.74, 6) is -0.0152. The van der Waals surface area contributed by atoms with Crippen molar-refractivity contribution in [3.05, 3.63) is 76.5 Å². The van der Waals surface area contributed by atoms with E-state index in [1.807, 2.05) is 17.8 Å². The van der Waals surface area contributed by atoms with Crippen molar-refractivity contribution in [2.45, 2.75) is 64.2 Å². The van der Waals surface area contributed by atoms with Gasteiger partial charge in [-0.15, -0.1) is 0 Å². The standard InChI is InChI=1S/C25H30N4O2/c1-3-29-23-9-8-20(26-21-12-18-6-4-5-7-19(18)13-21)14-22(23)24(27-29)25(30)28(2)15-17-10-11-31-16-17/h4-7,10-11,16,20-21,26H,3,8-9,12-15H2,1-2H3/t20-/m1/s1. The van der Waals surface area contributed by atoms with Crippen LogP contribution < -0.4 is 5.32 Å². The number of nitrogens with zero attached hydrogens (tertiary/aromatic N) is 3. The number of furan rings is 1. The zero-order chi connectivity index (χ0) is 21.4. The van der Waals surface area contributed by atoms with Gasteiger partial charge in [-0.1, -0.05) is 24.3 Å². The first-order valence-electron chi connectivity index (χ1n) is 11.3. The van der Waals surface area contributed by atoms with Crippen molar-refractivity contribution in [1.29, 1.82) is 0 Å². The molecule has 0 spiro atoms. The molecule has 2 aromatic heterocycles. The van der Waals surface area contributed by atoms with E-state index in [-0.39, 0.29) is 5.91 Å². The van der Waals surface area contributed by atoms with Gasteiger partial charge in [-0.25, -0.2) is 0 Å². The van der Waals surface area contributed by atoms with Crippen LogP contribution in [0.3, 0.4) is 0 Å². The van der Waals surface area contributed by atoms with Gasteiger partial charge < -0.3 is 14.6 Å². The van der Waals surface area contributed by atoms with Gasteiger partial charge in [0.2, 0.25) is 0 Å². The topological polar surface area (TPSA) is 63.3 Å². The van der Waals surface area contributed by atoms with Crippen LogP contribution in [-0.2, 0) is 38.8 Å². The lowest BCUT2D eigenvalue weighted by atomic mass is 9.90. The number of hydrogen-bond acceptors (Lipinski definition) is 4. The van der Waals surface area contributed by atoms with E-state index in [9.17, 15) is 4.79 Å². The maximum absolute atomic E-state index is 13.3. The van der Waals surface area contributed by atoms with E-state index in [0.29, 0.717) is 24.3 Å².